The summed E-state index contributed by atoms with van der Waals surface area (Å²) in [7, 11) is 4.42. The van der Waals surface area contributed by atoms with Gasteiger partial charge < -0.3 is 46.2 Å². The minimum Gasteiger partial charge on any atom is -0.389 e. The number of ether oxygens (including phenoxy) is 2. The summed E-state index contributed by atoms with van der Waals surface area (Å²) in [6, 6.07) is 1.32. The first-order valence-electron chi connectivity index (χ1n) is 13.5. The van der Waals surface area contributed by atoms with Gasteiger partial charge in [0.2, 0.25) is 0 Å². The van der Waals surface area contributed by atoms with E-state index in [4.69, 9.17) is 36.0 Å². The first kappa shape index (κ1) is 38.0. The fourth-order valence-electron chi connectivity index (χ4n) is 4.07. The van der Waals surface area contributed by atoms with E-state index in [1.807, 2.05) is 0 Å². The molecule has 0 aromatic heterocycles. The molecule has 0 spiro atoms. The first-order chi connectivity index (χ1) is 18.2. The zero-order chi connectivity index (χ0) is 28.9. The van der Waals surface area contributed by atoms with Crippen molar-refractivity contribution in [3.05, 3.63) is 0 Å². The number of likely N-dealkylation sites (N-methyl/N-ethyl adjacent to an activating group) is 2. The van der Waals surface area contributed by atoms with Crippen molar-refractivity contribution < 1.29 is 46.2 Å². The minimum atomic E-state index is -2.58. The van der Waals surface area contributed by atoms with Gasteiger partial charge in [0.25, 0.3) is 0 Å². The maximum atomic E-state index is 10.4. The average Bonchev–Trinajstić information content (AvgIpc) is 2.94. The summed E-state index contributed by atoms with van der Waals surface area (Å²) in [6.07, 6.45) is 0.322. The Hall–Kier alpha value is -0.0462. The van der Waals surface area contributed by atoms with Crippen LogP contribution in [0.4, 0.5) is 0 Å². The lowest BCUT2D eigenvalue weighted by Crippen LogP contribution is -2.43. The summed E-state index contributed by atoms with van der Waals surface area (Å²) in [5, 5.41) is 20.9. The highest BCUT2D eigenvalue weighted by atomic mass is 28.4. The Morgan fingerprint density at radius 1 is 0.579 bits per heavy atom. The molecule has 0 aromatic carbocycles. The standard InChI is InChI=1S/C24H56N2O10Si2/c1-9-25(19-23(27)21-35-15-11-17-37(29-3,30-4)31-5)13-14-26(10-2)20-24(28)22-36-16-12-18-38(32-6,33-7)34-8/h23-24,27-28H,9-22H2,1-8H3. The van der Waals surface area contributed by atoms with Crippen LogP contribution in [0.2, 0.25) is 12.1 Å². The molecular weight excluding hydrogens is 532 g/mol. The van der Waals surface area contributed by atoms with Gasteiger partial charge in [0.05, 0.1) is 25.4 Å². The largest absolute Gasteiger partial charge is 0.500 e. The predicted molar refractivity (Wildman–Crippen MR) is 150 cm³/mol. The molecule has 2 atom stereocenters. The molecular formula is C24H56N2O10Si2. The fourth-order valence-corrected chi connectivity index (χ4v) is 7.45. The Kier molecular flexibility index (Phi) is 22.6. The topological polar surface area (TPSA) is 121 Å². The average molecular weight is 589 g/mol. The van der Waals surface area contributed by atoms with Gasteiger partial charge in [0.1, 0.15) is 0 Å². The molecule has 0 fully saturated rings. The first-order valence-corrected chi connectivity index (χ1v) is 17.4. The summed E-state index contributed by atoms with van der Waals surface area (Å²) in [5.74, 6) is 0. The molecule has 0 aliphatic rings. The van der Waals surface area contributed by atoms with E-state index in [0.29, 0.717) is 38.4 Å². The molecule has 2 unspecified atom stereocenters. The second-order valence-corrected chi connectivity index (χ2v) is 15.2. The van der Waals surface area contributed by atoms with Gasteiger partial charge in [0, 0.05) is 94.1 Å². The van der Waals surface area contributed by atoms with Crippen LogP contribution in [0.5, 0.6) is 0 Å². The maximum Gasteiger partial charge on any atom is 0.500 e. The van der Waals surface area contributed by atoms with Crippen LogP contribution in [-0.2, 0) is 36.0 Å². The summed E-state index contributed by atoms with van der Waals surface area (Å²) in [6.45, 7) is 9.98. The molecule has 0 aliphatic carbocycles. The molecule has 0 saturated heterocycles. The molecule has 2 N–H and O–H groups in total. The zero-order valence-electron chi connectivity index (χ0n) is 25.1. The predicted octanol–water partition coefficient (Wildman–Crippen LogP) is 0.922. The lowest BCUT2D eigenvalue weighted by molar-refractivity contribution is 0.00711. The van der Waals surface area contributed by atoms with E-state index in [9.17, 15) is 10.2 Å². The smallest absolute Gasteiger partial charge is 0.389 e. The highest BCUT2D eigenvalue weighted by molar-refractivity contribution is 6.60. The van der Waals surface area contributed by atoms with Crippen molar-refractivity contribution in [2.45, 2.75) is 51.0 Å². The summed E-state index contributed by atoms with van der Waals surface area (Å²) < 4.78 is 43.8. The monoisotopic (exact) mass is 588 g/mol. The zero-order valence-corrected chi connectivity index (χ0v) is 27.1. The molecule has 0 bridgehead atoms. The van der Waals surface area contributed by atoms with Crippen LogP contribution in [0.25, 0.3) is 0 Å². The van der Waals surface area contributed by atoms with Crippen molar-refractivity contribution in [1.29, 1.82) is 0 Å². The Morgan fingerprint density at radius 2 is 0.895 bits per heavy atom. The molecule has 12 nitrogen and oxygen atoms in total. The van der Waals surface area contributed by atoms with Crippen LogP contribution in [0, 0.1) is 0 Å². The van der Waals surface area contributed by atoms with Crippen molar-refractivity contribution in [3.8, 4) is 0 Å². The van der Waals surface area contributed by atoms with E-state index in [2.05, 4.69) is 23.6 Å². The Labute approximate surface area is 233 Å². The van der Waals surface area contributed by atoms with Crippen LogP contribution in [0.1, 0.15) is 26.7 Å². The lowest BCUT2D eigenvalue weighted by Gasteiger charge is -2.29. The normalized spacial score (nSPS) is 14.5. The number of aliphatic hydroxyl groups excluding tert-OH is 2. The van der Waals surface area contributed by atoms with Gasteiger partial charge in [0.15, 0.2) is 0 Å². The van der Waals surface area contributed by atoms with Crippen molar-refractivity contribution in [2.24, 2.45) is 0 Å². The van der Waals surface area contributed by atoms with E-state index in [1.165, 1.54) is 0 Å². The lowest BCUT2D eigenvalue weighted by atomic mass is 10.3. The summed E-state index contributed by atoms with van der Waals surface area (Å²) in [5.41, 5.74) is 0. The molecule has 0 rings (SSSR count). The third-order valence-corrected chi connectivity index (χ3v) is 12.3. The van der Waals surface area contributed by atoms with Crippen molar-refractivity contribution in [3.63, 3.8) is 0 Å². The molecule has 0 saturated carbocycles. The van der Waals surface area contributed by atoms with Gasteiger partial charge in [-0.05, 0) is 25.9 Å². The summed E-state index contributed by atoms with van der Waals surface area (Å²) >= 11 is 0. The second kappa shape index (κ2) is 22.6. The van der Waals surface area contributed by atoms with Gasteiger partial charge in [-0.15, -0.1) is 0 Å². The Morgan fingerprint density at radius 3 is 1.16 bits per heavy atom. The van der Waals surface area contributed by atoms with E-state index in [0.717, 1.165) is 39.0 Å². The van der Waals surface area contributed by atoms with E-state index in [1.54, 1.807) is 42.7 Å². The highest BCUT2D eigenvalue weighted by Crippen LogP contribution is 2.15. The Balaban J connectivity index is 4.21. The van der Waals surface area contributed by atoms with Gasteiger partial charge in [-0.2, -0.15) is 0 Å². The van der Waals surface area contributed by atoms with E-state index < -0.39 is 29.8 Å². The number of nitrogens with zero attached hydrogens (tertiary/aromatic N) is 2. The van der Waals surface area contributed by atoms with Crippen LogP contribution in [0.3, 0.4) is 0 Å². The van der Waals surface area contributed by atoms with Gasteiger partial charge in [-0.25, -0.2) is 0 Å². The highest BCUT2D eigenvalue weighted by Gasteiger charge is 2.37. The molecule has 0 aromatic rings. The van der Waals surface area contributed by atoms with Crippen LogP contribution < -0.4 is 0 Å². The molecule has 0 heterocycles. The molecule has 38 heavy (non-hydrogen) atoms. The minimum absolute atomic E-state index is 0.272. The Bertz CT molecular complexity index is 486. The van der Waals surface area contributed by atoms with Crippen LogP contribution >= 0.6 is 0 Å². The van der Waals surface area contributed by atoms with Gasteiger partial charge in [-0.1, -0.05) is 13.8 Å². The van der Waals surface area contributed by atoms with E-state index >= 15 is 0 Å². The van der Waals surface area contributed by atoms with Gasteiger partial charge in [-0.3, -0.25) is 9.80 Å². The molecule has 0 amide bonds. The number of hydrogen-bond acceptors (Lipinski definition) is 12. The van der Waals surface area contributed by atoms with Gasteiger partial charge >= 0.3 is 17.6 Å². The molecule has 14 heteroatoms. The summed E-state index contributed by atoms with van der Waals surface area (Å²) in [4.78, 5) is 4.38. The quantitative estimate of drug-likeness (QED) is 0.105. The van der Waals surface area contributed by atoms with Crippen molar-refractivity contribution in [2.75, 3.05) is 108 Å². The molecule has 0 radical (unpaired) electrons. The molecule has 230 valence electrons. The molecule has 0 aliphatic heterocycles. The van der Waals surface area contributed by atoms with Crippen molar-refractivity contribution in [1.82, 2.24) is 9.80 Å². The second-order valence-electron chi connectivity index (χ2n) is 9.04. The third kappa shape index (κ3) is 15.7. The number of aliphatic hydroxyl groups is 2. The maximum absolute atomic E-state index is 10.4. The third-order valence-electron chi connectivity index (χ3n) is 6.59. The van der Waals surface area contributed by atoms with Crippen LogP contribution in [-0.4, -0.2) is 158 Å². The van der Waals surface area contributed by atoms with Crippen LogP contribution in [0.15, 0.2) is 0 Å². The SMILES string of the molecule is CCN(CCN(CC)CC(O)COCCC[Si](OC)(OC)OC)CC(O)COCCC[Si](OC)(OC)OC. The fraction of sp³-hybridized carbons (Fsp3) is 1.00. The number of hydrogen-bond donors (Lipinski definition) is 2. The van der Waals surface area contributed by atoms with E-state index in [-0.39, 0.29) is 13.2 Å². The van der Waals surface area contributed by atoms with Crippen molar-refractivity contribution >= 4 is 17.6 Å². The number of rotatable bonds is 27.